The number of nitriles is 1. The van der Waals surface area contributed by atoms with Crippen molar-refractivity contribution in [2.24, 2.45) is 0 Å². The average Bonchev–Trinajstić information content (AvgIpc) is 3.16. The Balaban J connectivity index is 2.02. The first-order valence-corrected chi connectivity index (χ1v) is 8.05. The van der Waals surface area contributed by atoms with Crippen molar-refractivity contribution in [3.8, 4) is 6.07 Å². The molecule has 0 bridgehead atoms. The number of fused-ring (bicyclic) bond motifs is 2. The number of aryl methyl sites for hydroxylation is 2. The van der Waals surface area contributed by atoms with Gasteiger partial charge in [-0.2, -0.15) is 10.4 Å². The van der Waals surface area contributed by atoms with Gasteiger partial charge >= 0.3 is 0 Å². The summed E-state index contributed by atoms with van der Waals surface area (Å²) in [5.74, 6) is -0.501. The quantitative estimate of drug-likeness (QED) is 0.740. The summed E-state index contributed by atoms with van der Waals surface area (Å²) in [7, 11) is 0. The molecular formula is C18H16FN5O. The summed E-state index contributed by atoms with van der Waals surface area (Å²) in [6.45, 7) is 5.57. The van der Waals surface area contributed by atoms with Crippen LogP contribution in [-0.2, 0) is 6.42 Å². The van der Waals surface area contributed by atoms with Crippen LogP contribution in [0.3, 0.4) is 0 Å². The van der Waals surface area contributed by atoms with Crippen molar-refractivity contribution in [1.82, 2.24) is 15.4 Å². The average molecular weight is 337 g/mol. The van der Waals surface area contributed by atoms with E-state index < -0.39 is 11.7 Å². The van der Waals surface area contributed by atoms with Crippen LogP contribution in [0.5, 0.6) is 0 Å². The van der Waals surface area contributed by atoms with Gasteiger partial charge in [0, 0.05) is 28.4 Å². The fourth-order valence-corrected chi connectivity index (χ4v) is 3.46. The Labute approximate surface area is 143 Å². The molecule has 4 rings (SSSR count). The van der Waals surface area contributed by atoms with Crippen LogP contribution in [-0.4, -0.2) is 15.4 Å². The lowest BCUT2D eigenvalue weighted by molar-refractivity contribution is 0.428. The second kappa shape index (κ2) is 5.45. The number of hydrogen-bond donors (Lipinski definition) is 2. The molecule has 6 nitrogen and oxygen atoms in total. The number of anilines is 1. The lowest BCUT2D eigenvalue weighted by atomic mass is 9.81. The minimum absolute atomic E-state index is 0.402. The third-order valence-corrected chi connectivity index (χ3v) is 4.73. The second-order valence-electron chi connectivity index (χ2n) is 6.17. The van der Waals surface area contributed by atoms with Gasteiger partial charge in [-0.3, -0.25) is 5.10 Å². The van der Waals surface area contributed by atoms with Gasteiger partial charge in [0.2, 0.25) is 5.88 Å². The molecule has 1 aromatic carbocycles. The topological polar surface area (TPSA) is 90.5 Å². The maximum atomic E-state index is 14.9. The number of aromatic nitrogens is 3. The minimum Gasteiger partial charge on any atom is -0.338 e. The van der Waals surface area contributed by atoms with Gasteiger partial charge in [-0.05, 0) is 26.3 Å². The standard InChI is InChI=1S/C18H16FN5O/c1-4-14-11-5-10(13(19)6-15(11)23-22-14)17-12(7-20)8(2)21-18-16(17)9(3)24-25-18/h5-6,17,21H,4H2,1-3H3,(H,22,23). The van der Waals surface area contributed by atoms with Gasteiger partial charge in [-0.15, -0.1) is 0 Å². The molecule has 0 fully saturated rings. The maximum Gasteiger partial charge on any atom is 0.233 e. The highest BCUT2D eigenvalue weighted by molar-refractivity contribution is 5.83. The number of benzene rings is 1. The molecule has 2 N–H and O–H groups in total. The largest absolute Gasteiger partial charge is 0.338 e. The molecule has 0 radical (unpaired) electrons. The predicted octanol–water partition coefficient (Wildman–Crippen LogP) is 3.92. The van der Waals surface area contributed by atoms with Crippen LogP contribution in [0.4, 0.5) is 10.3 Å². The number of hydrogen-bond acceptors (Lipinski definition) is 5. The molecule has 0 amide bonds. The number of H-pyrrole nitrogens is 1. The van der Waals surface area contributed by atoms with Crippen molar-refractivity contribution in [1.29, 1.82) is 5.26 Å². The third-order valence-electron chi connectivity index (χ3n) is 4.73. The Kier molecular flexibility index (Phi) is 3.35. The molecule has 1 aliphatic rings. The molecule has 0 saturated heterocycles. The number of aromatic amines is 1. The molecular weight excluding hydrogens is 321 g/mol. The summed E-state index contributed by atoms with van der Waals surface area (Å²) >= 11 is 0. The molecule has 25 heavy (non-hydrogen) atoms. The predicted molar refractivity (Wildman–Crippen MR) is 90.4 cm³/mol. The first kappa shape index (κ1) is 15.4. The zero-order valence-corrected chi connectivity index (χ0v) is 14.1. The van der Waals surface area contributed by atoms with Gasteiger partial charge in [0.15, 0.2) is 0 Å². The number of halogens is 1. The second-order valence-corrected chi connectivity index (χ2v) is 6.17. The number of nitrogens with one attached hydrogen (secondary N) is 2. The summed E-state index contributed by atoms with van der Waals surface area (Å²) < 4.78 is 20.2. The Hall–Kier alpha value is -3.14. The minimum atomic E-state index is -0.559. The van der Waals surface area contributed by atoms with Crippen LogP contribution in [0, 0.1) is 24.1 Å². The first-order chi connectivity index (χ1) is 12.0. The Morgan fingerprint density at radius 1 is 1.36 bits per heavy atom. The van der Waals surface area contributed by atoms with Crippen molar-refractivity contribution in [3.63, 3.8) is 0 Å². The molecule has 1 aliphatic heterocycles. The molecule has 1 unspecified atom stereocenters. The summed E-state index contributed by atoms with van der Waals surface area (Å²) in [5, 5.41) is 24.7. The highest BCUT2D eigenvalue weighted by Gasteiger charge is 2.35. The van der Waals surface area contributed by atoms with Crippen molar-refractivity contribution in [3.05, 3.63) is 51.7 Å². The van der Waals surface area contributed by atoms with Crippen molar-refractivity contribution in [2.45, 2.75) is 33.1 Å². The molecule has 1 atom stereocenters. The first-order valence-electron chi connectivity index (χ1n) is 8.05. The van der Waals surface area contributed by atoms with E-state index >= 15 is 0 Å². The van der Waals surface area contributed by atoms with Gasteiger partial charge in [0.1, 0.15) is 5.82 Å². The van der Waals surface area contributed by atoms with Crippen LogP contribution >= 0.6 is 0 Å². The summed E-state index contributed by atoms with van der Waals surface area (Å²) in [5.41, 5.74) is 4.36. The zero-order valence-electron chi connectivity index (χ0n) is 14.1. The van der Waals surface area contributed by atoms with E-state index in [1.807, 2.05) is 6.92 Å². The Morgan fingerprint density at radius 3 is 2.88 bits per heavy atom. The monoisotopic (exact) mass is 337 g/mol. The van der Waals surface area contributed by atoms with E-state index in [0.29, 0.717) is 39.5 Å². The van der Waals surface area contributed by atoms with E-state index in [2.05, 4.69) is 26.7 Å². The molecule has 0 spiro atoms. The summed E-state index contributed by atoms with van der Waals surface area (Å²) in [6.07, 6.45) is 0.755. The molecule has 7 heteroatoms. The smallest absolute Gasteiger partial charge is 0.233 e. The van der Waals surface area contributed by atoms with Crippen LogP contribution in [0.1, 0.15) is 42.3 Å². The van der Waals surface area contributed by atoms with E-state index in [-0.39, 0.29) is 0 Å². The number of nitrogens with zero attached hydrogens (tertiary/aromatic N) is 3. The fraction of sp³-hybridized carbons (Fsp3) is 0.278. The molecule has 0 aliphatic carbocycles. The summed E-state index contributed by atoms with van der Waals surface area (Å²) in [6, 6.07) is 5.41. The van der Waals surface area contributed by atoms with Crippen LogP contribution in [0.15, 0.2) is 27.9 Å². The van der Waals surface area contributed by atoms with E-state index in [4.69, 9.17) is 4.52 Å². The van der Waals surface area contributed by atoms with Gasteiger partial charge in [-0.1, -0.05) is 12.1 Å². The lowest BCUT2D eigenvalue weighted by Crippen LogP contribution is -2.17. The SMILES string of the molecule is CCc1[nH]nc2cc(F)c(C3C(C#N)=C(C)Nc4onc(C)c43)cc12. The van der Waals surface area contributed by atoms with Crippen LogP contribution < -0.4 is 5.32 Å². The van der Waals surface area contributed by atoms with E-state index in [1.54, 1.807) is 19.9 Å². The van der Waals surface area contributed by atoms with Crippen LogP contribution in [0.2, 0.25) is 0 Å². The Morgan fingerprint density at radius 2 is 2.16 bits per heavy atom. The fourth-order valence-electron chi connectivity index (χ4n) is 3.46. The van der Waals surface area contributed by atoms with E-state index in [9.17, 15) is 9.65 Å². The maximum absolute atomic E-state index is 14.9. The molecule has 2 aromatic heterocycles. The van der Waals surface area contributed by atoms with Crippen molar-refractivity contribution >= 4 is 16.8 Å². The number of allylic oxidation sites excluding steroid dienone is 2. The lowest BCUT2D eigenvalue weighted by Gasteiger charge is -2.24. The van der Waals surface area contributed by atoms with E-state index in [1.165, 1.54) is 6.07 Å². The van der Waals surface area contributed by atoms with E-state index in [0.717, 1.165) is 17.5 Å². The van der Waals surface area contributed by atoms with Crippen LogP contribution in [0.25, 0.3) is 10.9 Å². The van der Waals surface area contributed by atoms with Gasteiger partial charge in [0.25, 0.3) is 0 Å². The highest BCUT2D eigenvalue weighted by atomic mass is 19.1. The molecule has 3 aromatic rings. The molecule has 126 valence electrons. The third kappa shape index (κ3) is 2.14. The van der Waals surface area contributed by atoms with Crippen molar-refractivity contribution < 1.29 is 8.91 Å². The van der Waals surface area contributed by atoms with Gasteiger partial charge in [0.05, 0.1) is 34.3 Å². The van der Waals surface area contributed by atoms with Crippen molar-refractivity contribution in [2.75, 3.05) is 5.32 Å². The van der Waals surface area contributed by atoms with Gasteiger partial charge in [-0.25, -0.2) is 4.39 Å². The van der Waals surface area contributed by atoms with Gasteiger partial charge < -0.3 is 9.84 Å². The summed E-state index contributed by atoms with van der Waals surface area (Å²) in [4.78, 5) is 0. The highest BCUT2D eigenvalue weighted by Crippen LogP contribution is 2.44. The molecule has 0 saturated carbocycles. The normalized spacial score (nSPS) is 16.7. The molecule has 3 heterocycles. The number of rotatable bonds is 2. The zero-order chi connectivity index (χ0) is 17.7. The Bertz CT molecular complexity index is 1070.